The van der Waals surface area contributed by atoms with Crippen molar-refractivity contribution < 1.29 is 4.52 Å². The Labute approximate surface area is 206 Å². The first-order valence-electron chi connectivity index (χ1n) is 11.1. The van der Waals surface area contributed by atoms with Crippen molar-refractivity contribution in [3.63, 3.8) is 0 Å². The predicted molar refractivity (Wildman–Crippen MR) is 135 cm³/mol. The number of aromatic nitrogens is 2. The molecule has 1 aromatic carbocycles. The lowest BCUT2D eigenvalue weighted by Crippen LogP contribution is -2.41. The van der Waals surface area contributed by atoms with Crippen LogP contribution in [0.15, 0.2) is 33.8 Å². The lowest BCUT2D eigenvalue weighted by Gasteiger charge is -2.23. The Morgan fingerprint density at radius 2 is 2.13 bits per heavy atom. The van der Waals surface area contributed by atoms with Crippen molar-refractivity contribution in [3.8, 4) is 11.4 Å². The first kappa shape index (κ1) is 24.3. The summed E-state index contributed by atoms with van der Waals surface area (Å²) in [6.07, 6.45) is 4.57. The molecule has 3 heterocycles. The number of aliphatic imine (C=N–C) groups is 1. The second-order valence-corrected chi connectivity index (χ2v) is 8.55. The molecule has 0 bridgehead atoms. The topological polar surface area (TPSA) is 69.8 Å². The summed E-state index contributed by atoms with van der Waals surface area (Å²) in [4.78, 5) is 14.3. The van der Waals surface area contributed by atoms with E-state index in [-0.39, 0.29) is 24.0 Å². The number of rotatable bonds is 7. The van der Waals surface area contributed by atoms with Crippen LogP contribution in [0.1, 0.15) is 32.1 Å². The van der Waals surface area contributed by atoms with Gasteiger partial charge in [-0.2, -0.15) is 4.98 Å². The monoisotopic (exact) mass is 558 g/mol. The third kappa shape index (κ3) is 6.79. The van der Waals surface area contributed by atoms with Gasteiger partial charge in [0.05, 0.1) is 6.54 Å². The molecule has 0 spiro atoms. The molecule has 2 fully saturated rings. The number of hydrogen-bond donors (Lipinski definition) is 1. The number of likely N-dealkylation sites (tertiary alicyclic amines) is 2. The molecule has 0 amide bonds. The molecule has 0 radical (unpaired) electrons. The maximum absolute atomic E-state index is 6.05. The lowest BCUT2D eigenvalue weighted by atomic mass is 10.1. The fourth-order valence-electron chi connectivity index (χ4n) is 4.29. The van der Waals surface area contributed by atoms with Gasteiger partial charge in [-0.1, -0.05) is 28.9 Å². The number of hydrogen-bond acceptors (Lipinski definition) is 5. The summed E-state index contributed by atoms with van der Waals surface area (Å²) in [7, 11) is 0. The van der Waals surface area contributed by atoms with Gasteiger partial charge in [-0.15, -0.1) is 24.0 Å². The third-order valence-electron chi connectivity index (χ3n) is 5.77. The second kappa shape index (κ2) is 12.0. The van der Waals surface area contributed by atoms with E-state index in [1.165, 1.54) is 38.9 Å². The highest BCUT2D eigenvalue weighted by molar-refractivity contribution is 14.0. The highest BCUT2D eigenvalue weighted by Crippen LogP contribution is 2.21. The van der Waals surface area contributed by atoms with Gasteiger partial charge < -0.3 is 19.6 Å². The van der Waals surface area contributed by atoms with Crippen LogP contribution in [0, 0.1) is 5.92 Å². The Morgan fingerprint density at radius 3 is 2.90 bits per heavy atom. The molecule has 0 saturated carbocycles. The van der Waals surface area contributed by atoms with Gasteiger partial charge >= 0.3 is 0 Å². The maximum atomic E-state index is 6.05. The van der Waals surface area contributed by atoms with E-state index in [9.17, 15) is 0 Å². The summed E-state index contributed by atoms with van der Waals surface area (Å²) >= 11 is 6.05. The number of nitrogens with one attached hydrogen (secondary N) is 1. The summed E-state index contributed by atoms with van der Waals surface area (Å²) in [6, 6.07) is 7.47. The summed E-state index contributed by atoms with van der Waals surface area (Å²) in [5, 5.41) is 8.18. The third-order valence-corrected chi connectivity index (χ3v) is 6.01. The Bertz CT molecular complexity index is 854. The van der Waals surface area contributed by atoms with E-state index in [1.54, 1.807) is 0 Å². The van der Waals surface area contributed by atoms with Crippen LogP contribution in [0.25, 0.3) is 11.4 Å². The van der Waals surface area contributed by atoms with Crippen molar-refractivity contribution in [3.05, 3.63) is 35.2 Å². The highest BCUT2D eigenvalue weighted by atomic mass is 127. The molecule has 9 heteroatoms. The minimum atomic E-state index is 0. The fraction of sp³-hybridized carbons (Fsp3) is 0.591. The summed E-state index contributed by atoms with van der Waals surface area (Å²) in [5.41, 5.74) is 0.857. The van der Waals surface area contributed by atoms with Crippen molar-refractivity contribution in [2.75, 3.05) is 45.8 Å². The average Bonchev–Trinajstić information content (AvgIpc) is 3.50. The van der Waals surface area contributed by atoms with Crippen molar-refractivity contribution >= 4 is 41.5 Å². The molecule has 2 aliphatic rings. The smallest absolute Gasteiger partial charge is 0.228 e. The van der Waals surface area contributed by atoms with Crippen molar-refractivity contribution in [2.45, 2.75) is 32.6 Å². The molecule has 4 rings (SSSR count). The lowest BCUT2D eigenvalue weighted by molar-refractivity contribution is 0.281. The minimum absolute atomic E-state index is 0. The van der Waals surface area contributed by atoms with E-state index in [4.69, 9.17) is 21.1 Å². The van der Waals surface area contributed by atoms with Crippen molar-refractivity contribution in [2.24, 2.45) is 10.9 Å². The van der Waals surface area contributed by atoms with E-state index < -0.39 is 0 Å². The van der Waals surface area contributed by atoms with Gasteiger partial charge in [-0.05, 0) is 57.3 Å². The van der Waals surface area contributed by atoms with Crippen LogP contribution in [0.3, 0.4) is 0 Å². The van der Waals surface area contributed by atoms with Crippen LogP contribution in [0.4, 0.5) is 0 Å². The Hall–Kier alpha value is -1.39. The van der Waals surface area contributed by atoms with Gasteiger partial charge in [0.25, 0.3) is 0 Å². The normalized spacial score (nSPS) is 19.6. The zero-order valence-corrected chi connectivity index (χ0v) is 21.2. The number of nitrogens with zero attached hydrogens (tertiary/aromatic N) is 5. The Kier molecular flexibility index (Phi) is 9.40. The largest absolute Gasteiger partial charge is 0.357 e. The molecular weight excluding hydrogens is 527 g/mol. The van der Waals surface area contributed by atoms with Gasteiger partial charge in [0.2, 0.25) is 11.7 Å². The number of guanidine groups is 1. The van der Waals surface area contributed by atoms with E-state index in [2.05, 4.69) is 32.2 Å². The molecule has 31 heavy (non-hydrogen) atoms. The Morgan fingerprint density at radius 1 is 1.29 bits per heavy atom. The zero-order chi connectivity index (χ0) is 20.8. The van der Waals surface area contributed by atoms with E-state index in [1.807, 2.05) is 24.3 Å². The summed E-state index contributed by atoms with van der Waals surface area (Å²) in [5.74, 6) is 2.89. The zero-order valence-electron chi connectivity index (χ0n) is 18.1. The molecule has 1 N–H and O–H groups in total. The first-order chi connectivity index (χ1) is 14.7. The molecule has 0 aliphatic carbocycles. The molecule has 2 aliphatic heterocycles. The van der Waals surface area contributed by atoms with E-state index in [0.717, 1.165) is 37.1 Å². The van der Waals surface area contributed by atoms with Crippen LogP contribution >= 0.6 is 35.6 Å². The Balaban J connectivity index is 0.00000272. The number of halogens is 2. The van der Waals surface area contributed by atoms with E-state index in [0.29, 0.717) is 29.7 Å². The standard InChI is InChI=1S/C22H31ClN6O.HI/c1-2-24-22(29-13-9-17(16-29)15-28-11-3-4-12-28)25-10-8-20-26-21(27-30-20)18-6-5-7-19(23)14-18;/h5-7,14,17H,2-4,8-13,15-16H2,1H3,(H,24,25);1H. The fourth-order valence-corrected chi connectivity index (χ4v) is 4.48. The second-order valence-electron chi connectivity index (χ2n) is 8.12. The van der Waals surface area contributed by atoms with Crippen LogP contribution in [-0.2, 0) is 6.42 Å². The van der Waals surface area contributed by atoms with Crippen LogP contribution < -0.4 is 5.32 Å². The summed E-state index contributed by atoms with van der Waals surface area (Å²) in [6.45, 7) is 9.52. The predicted octanol–water partition coefficient (Wildman–Crippen LogP) is 3.93. The van der Waals surface area contributed by atoms with Crippen LogP contribution in [0.5, 0.6) is 0 Å². The molecule has 7 nitrogen and oxygen atoms in total. The SMILES string of the molecule is CCNC(=NCCc1nc(-c2cccc(Cl)c2)no1)N1CCC(CN2CCCC2)C1.I. The molecule has 2 aromatic rings. The van der Waals surface area contributed by atoms with E-state index >= 15 is 0 Å². The van der Waals surface area contributed by atoms with Gasteiger partial charge in [0.15, 0.2) is 5.96 Å². The summed E-state index contributed by atoms with van der Waals surface area (Å²) < 4.78 is 5.40. The molecule has 170 valence electrons. The van der Waals surface area contributed by atoms with Gasteiger partial charge in [-0.3, -0.25) is 4.99 Å². The molecule has 1 unspecified atom stereocenters. The van der Waals surface area contributed by atoms with Gasteiger partial charge in [0.1, 0.15) is 0 Å². The van der Waals surface area contributed by atoms with Gasteiger partial charge in [-0.25, -0.2) is 0 Å². The number of benzene rings is 1. The van der Waals surface area contributed by atoms with Crippen LogP contribution in [-0.4, -0.2) is 71.7 Å². The maximum Gasteiger partial charge on any atom is 0.228 e. The molecule has 1 atom stereocenters. The molecular formula is C22H32ClIN6O. The average molecular weight is 559 g/mol. The minimum Gasteiger partial charge on any atom is -0.357 e. The van der Waals surface area contributed by atoms with Crippen molar-refractivity contribution in [1.82, 2.24) is 25.3 Å². The highest BCUT2D eigenvalue weighted by Gasteiger charge is 2.27. The first-order valence-corrected chi connectivity index (χ1v) is 11.4. The van der Waals surface area contributed by atoms with Crippen LogP contribution in [0.2, 0.25) is 5.02 Å². The molecule has 1 aromatic heterocycles. The molecule has 2 saturated heterocycles. The van der Waals surface area contributed by atoms with Gasteiger partial charge in [0, 0.05) is 43.2 Å². The van der Waals surface area contributed by atoms with Crippen molar-refractivity contribution in [1.29, 1.82) is 0 Å². The quantitative estimate of drug-likeness (QED) is 0.316.